The van der Waals surface area contributed by atoms with Gasteiger partial charge in [-0.25, -0.2) is 0 Å². The molecule has 0 aliphatic rings. The van der Waals surface area contributed by atoms with Gasteiger partial charge in [-0.3, -0.25) is 0 Å². The standard InChI is InChI=1S/C10H13IN2O/c1-2-13(8-7-11)10-5-3-9(12-14)4-6-10/h3-6H,2,7-8H2,1H3. The summed E-state index contributed by atoms with van der Waals surface area (Å²) in [5.41, 5.74) is 1.64. The highest BCUT2D eigenvalue weighted by Crippen LogP contribution is 2.19. The Labute approximate surface area is 97.6 Å². The van der Waals surface area contributed by atoms with Crippen LogP contribution in [0.3, 0.4) is 0 Å². The van der Waals surface area contributed by atoms with E-state index in [0.29, 0.717) is 5.69 Å². The van der Waals surface area contributed by atoms with Crippen molar-refractivity contribution in [2.45, 2.75) is 6.92 Å². The van der Waals surface area contributed by atoms with E-state index in [4.69, 9.17) is 0 Å². The van der Waals surface area contributed by atoms with Gasteiger partial charge in [0.1, 0.15) is 5.69 Å². The second-order valence-electron chi connectivity index (χ2n) is 2.88. The van der Waals surface area contributed by atoms with E-state index in [1.807, 2.05) is 12.1 Å². The molecule has 1 aromatic carbocycles. The topological polar surface area (TPSA) is 32.7 Å². The Bertz CT molecular complexity index is 287. The molecule has 4 heteroatoms. The van der Waals surface area contributed by atoms with Crippen LogP contribution < -0.4 is 4.90 Å². The van der Waals surface area contributed by atoms with Crippen LogP contribution in [0.5, 0.6) is 0 Å². The summed E-state index contributed by atoms with van der Waals surface area (Å²) in [5, 5.41) is 2.87. The van der Waals surface area contributed by atoms with Gasteiger partial charge in [0.05, 0.1) is 0 Å². The molecular weight excluding hydrogens is 291 g/mol. The third-order valence-corrected chi connectivity index (χ3v) is 2.54. The summed E-state index contributed by atoms with van der Waals surface area (Å²) >= 11 is 2.36. The Balaban J connectivity index is 2.77. The highest BCUT2D eigenvalue weighted by atomic mass is 127. The molecule has 0 aromatic heterocycles. The maximum atomic E-state index is 10.2. The third kappa shape index (κ3) is 2.94. The van der Waals surface area contributed by atoms with E-state index in [2.05, 4.69) is 39.6 Å². The molecule has 1 aromatic rings. The van der Waals surface area contributed by atoms with E-state index in [1.165, 1.54) is 0 Å². The number of rotatable bonds is 5. The Morgan fingerprint density at radius 1 is 1.36 bits per heavy atom. The number of hydrogen-bond donors (Lipinski definition) is 0. The predicted molar refractivity (Wildman–Crippen MR) is 68.7 cm³/mol. The first kappa shape index (κ1) is 11.4. The van der Waals surface area contributed by atoms with Crippen LogP contribution in [0.2, 0.25) is 0 Å². The quantitative estimate of drug-likeness (QED) is 0.475. The van der Waals surface area contributed by atoms with Crippen LogP contribution in [0.15, 0.2) is 29.4 Å². The Kier molecular flexibility index (Phi) is 4.86. The van der Waals surface area contributed by atoms with Crippen LogP contribution in [0, 0.1) is 4.91 Å². The molecule has 0 spiro atoms. The SMILES string of the molecule is CCN(CCI)c1ccc(N=O)cc1. The van der Waals surface area contributed by atoms with Crippen LogP contribution in [0.25, 0.3) is 0 Å². The van der Waals surface area contributed by atoms with Gasteiger partial charge in [-0.1, -0.05) is 22.6 Å². The Morgan fingerprint density at radius 2 is 2.00 bits per heavy atom. The van der Waals surface area contributed by atoms with Gasteiger partial charge in [-0.2, -0.15) is 0 Å². The molecule has 0 fully saturated rings. The summed E-state index contributed by atoms with van der Waals surface area (Å²) in [4.78, 5) is 12.5. The Morgan fingerprint density at radius 3 is 2.43 bits per heavy atom. The van der Waals surface area contributed by atoms with Crippen molar-refractivity contribution < 1.29 is 0 Å². The number of anilines is 1. The van der Waals surface area contributed by atoms with Crippen LogP contribution in [0.4, 0.5) is 11.4 Å². The summed E-state index contributed by atoms with van der Waals surface area (Å²) < 4.78 is 1.10. The van der Waals surface area contributed by atoms with Crippen LogP contribution >= 0.6 is 22.6 Å². The summed E-state index contributed by atoms with van der Waals surface area (Å²) in [5.74, 6) is 0. The van der Waals surface area contributed by atoms with Crippen molar-refractivity contribution >= 4 is 34.0 Å². The van der Waals surface area contributed by atoms with Crippen molar-refractivity contribution in [2.24, 2.45) is 5.18 Å². The normalized spacial score (nSPS) is 9.86. The minimum Gasteiger partial charge on any atom is -0.371 e. The number of alkyl halides is 1. The molecule has 0 saturated heterocycles. The zero-order chi connectivity index (χ0) is 10.4. The molecule has 76 valence electrons. The number of benzene rings is 1. The molecule has 0 aliphatic carbocycles. The van der Waals surface area contributed by atoms with Gasteiger partial charge in [-0.15, -0.1) is 4.91 Å². The summed E-state index contributed by atoms with van der Waals surface area (Å²) in [6, 6.07) is 7.37. The lowest BCUT2D eigenvalue weighted by molar-refractivity contribution is 0.879. The van der Waals surface area contributed by atoms with Gasteiger partial charge in [-0.05, 0) is 36.4 Å². The van der Waals surface area contributed by atoms with Gasteiger partial charge >= 0.3 is 0 Å². The fourth-order valence-corrected chi connectivity index (χ4v) is 1.88. The lowest BCUT2D eigenvalue weighted by atomic mass is 10.2. The summed E-state index contributed by atoms with van der Waals surface area (Å²) in [6.07, 6.45) is 0. The minimum absolute atomic E-state index is 0.485. The van der Waals surface area contributed by atoms with Crippen molar-refractivity contribution in [2.75, 3.05) is 22.4 Å². The van der Waals surface area contributed by atoms with Gasteiger partial charge in [0, 0.05) is 23.2 Å². The first-order valence-electron chi connectivity index (χ1n) is 4.56. The molecule has 14 heavy (non-hydrogen) atoms. The molecule has 0 aliphatic heterocycles. The van der Waals surface area contributed by atoms with Crippen molar-refractivity contribution in [3.05, 3.63) is 29.2 Å². The van der Waals surface area contributed by atoms with Crippen molar-refractivity contribution in [3.63, 3.8) is 0 Å². The molecule has 1 rings (SSSR count). The fourth-order valence-electron chi connectivity index (χ4n) is 1.30. The molecule has 0 N–H and O–H groups in total. The molecule has 0 unspecified atom stereocenters. The van der Waals surface area contributed by atoms with Crippen molar-refractivity contribution in [1.82, 2.24) is 0 Å². The molecule has 3 nitrogen and oxygen atoms in total. The zero-order valence-corrected chi connectivity index (χ0v) is 10.3. The summed E-state index contributed by atoms with van der Waals surface area (Å²) in [7, 11) is 0. The molecule has 0 bridgehead atoms. The second kappa shape index (κ2) is 5.95. The highest BCUT2D eigenvalue weighted by molar-refractivity contribution is 14.1. The van der Waals surface area contributed by atoms with E-state index < -0.39 is 0 Å². The maximum absolute atomic E-state index is 10.2. The third-order valence-electron chi connectivity index (χ3n) is 2.06. The smallest absolute Gasteiger partial charge is 0.108 e. The van der Waals surface area contributed by atoms with Gasteiger partial charge in [0.2, 0.25) is 0 Å². The number of hydrogen-bond acceptors (Lipinski definition) is 3. The van der Waals surface area contributed by atoms with E-state index in [1.54, 1.807) is 12.1 Å². The van der Waals surface area contributed by atoms with E-state index in [-0.39, 0.29) is 0 Å². The largest absolute Gasteiger partial charge is 0.371 e. The minimum atomic E-state index is 0.485. The second-order valence-corrected chi connectivity index (χ2v) is 3.96. The van der Waals surface area contributed by atoms with Gasteiger partial charge < -0.3 is 4.90 Å². The molecular formula is C10H13IN2O. The molecule has 0 amide bonds. The van der Waals surface area contributed by atoms with E-state index in [9.17, 15) is 4.91 Å². The monoisotopic (exact) mass is 304 g/mol. The molecule has 0 saturated carbocycles. The first-order chi connectivity index (χ1) is 6.81. The zero-order valence-electron chi connectivity index (χ0n) is 8.11. The van der Waals surface area contributed by atoms with Crippen LogP contribution in [0.1, 0.15) is 6.92 Å². The highest BCUT2D eigenvalue weighted by Gasteiger charge is 2.02. The van der Waals surface area contributed by atoms with Crippen molar-refractivity contribution in [3.8, 4) is 0 Å². The summed E-state index contributed by atoms with van der Waals surface area (Å²) in [6.45, 7) is 4.14. The number of halogens is 1. The Hall–Kier alpha value is -0.650. The number of nitroso groups, excluding NO2 is 1. The van der Waals surface area contributed by atoms with E-state index >= 15 is 0 Å². The van der Waals surface area contributed by atoms with Crippen LogP contribution in [-0.2, 0) is 0 Å². The number of nitrogens with zero attached hydrogens (tertiary/aromatic N) is 2. The van der Waals surface area contributed by atoms with E-state index in [0.717, 1.165) is 23.2 Å². The van der Waals surface area contributed by atoms with Crippen molar-refractivity contribution in [1.29, 1.82) is 0 Å². The van der Waals surface area contributed by atoms with Crippen LogP contribution in [-0.4, -0.2) is 17.5 Å². The molecule has 0 radical (unpaired) electrons. The maximum Gasteiger partial charge on any atom is 0.108 e. The molecule has 0 atom stereocenters. The van der Waals surface area contributed by atoms with Gasteiger partial charge in [0.15, 0.2) is 0 Å². The lowest BCUT2D eigenvalue weighted by Crippen LogP contribution is -2.24. The van der Waals surface area contributed by atoms with Gasteiger partial charge in [0.25, 0.3) is 0 Å². The first-order valence-corrected chi connectivity index (χ1v) is 6.08. The average molecular weight is 304 g/mol. The fraction of sp³-hybridized carbons (Fsp3) is 0.400. The lowest BCUT2D eigenvalue weighted by Gasteiger charge is -2.21. The predicted octanol–water partition coefficient (Wildman–Crippen LogP) is 3.35. The average Bonchev–Trinajstić information content (AvgIpc) is 2.26. The molecule has 0 heterocycles.